The van der Waals surface area contributed by atoms with E-state index in [1.165, 1.54) is 17.3 Å². The molecule has 0 aliphatic carbocycles. The maximum absolute atomic E-state index is 16.6. The highest BCUT2D eigenvalue weighted by atomic mass is 19.1. The molecule has 0 radical (unpaired) electrons. The van der Waals surface area contributed by atoms with Crippen molar-refractivity contribution in [2.75, 3.05) is 48.8 Å². The van der Waals surface area contributed by atoms with Crippen LogP contribution in [0.5, 0.6) is 5.88 Å². The van der Waals surface area contributed by atoms with Crippen LogP contribution in [0.1, 0.15) is 59.9 Å². The number of carbonyl (C=O) groups is 3. The topological polar surface area (TPSA) is 144 Å². The van der Waals surface area contributed by atoms with Gasteiger partial charge in [-0.25, -0.2) is 28.7 Å². The van der Waals surface area contributed by atoms with Crippen molar-refractivity contribution in [3.8, 4) is 17.0 Å². The first kappa shape index (κ1) is 34.6. The maximum Gasteiger partial charge on any atom is 0.415 e. The van der Waals surface area contributed by atoms with Crippen molar-refractivity contribution < 1.29 is 37.7 Å². The Morgan fingerprint density at radius 2 is 1.60 bits per heavy atom. The average Bonchev–Trinajstić information content (AvgIpc) is 2.98. The maximum atomic E-state index is 16.6. The normalized spacial score (nSPS) is 15.7. The standard InChI is InChI=1S/C34H43FN6O7/c1-19-23(17-37-29-28(19)41(13-14-45-29)32(44)48-34(5,6)7)22-15-20-16-25(38-30(42)46-21-9-11-40(8)12-10-21)36-18-24(20)27(26(22)35)39-31(43)47-33(2,3)4/h15-18,21H,9-14H2,1-8H3,(H,39,43)(H,36,38,42). The lowest BCUT2D eigenvalue weighted by Crippen LogP contribution is -2.42. The van der Waals surface area contributed by atoms with Crippen LogP contribution in [-0.4, -0.2) is 83.7 Å². The lowest BCUT2D eigenvalue weighted by molar-refractivity contribution is 0.0564. The number of fused-ring (bicyclic) bond motifs is 2. The van der Waals surface area contributed by atoms with Crippen molar-refractivity contribution >= 4 is 46.2 Å². The Hall–Kier alpha value is -4.72. The van der Waals surface area contributed by atoms with E-state index in [1.807, 2.05) is 7.05 Å². The summed E-state index contributed by atoms with van der Waals surface area (Å²) in [4.78, 5) is 51.2. The molecule has 0 unspecified atom stereocenters. The molecule has 0 bridgehead atoms. The highest BCUT2D eigenvalue weighted by molar-refractivity contribution is 6.05. The Morgan fingerprint density at radius 1 is 0.917 bits per heavy atom. The van der Waals surface area contributed by atoms with Crippen LogP contribution in [0.3, 0.4) is 0 Å². The number of pyridine rings is 2. The molecule has 0 atom stereocenters. The number of rotatable bonds is 4. The lowest BCUT2D eigenvalue weighted by Gasteiger charge is -2.32. The zero-order valence-electron chi connectivity index (χ0n) is 28.7. The predicted octanol–water partition coefficient (Wildman–Crippen LogP) is 6.87. The minimum Gasteiger partial charge on any atom is -0.474 e. The van der Waals surface area contributed by atoms with Crippen LogP contribution in [0.15, 0.2) is 24.5 Å². The number of hydrogen-bond acceptors (Lipinski definition) is 10. The first-order chi connectivity index (χ1) is 22.5. The summed E-state index contributed by atoms with van der Waals surface area (Å²) in [6.45, 7) is 14.2. The van der Waals surface area contributed by atoms with Crippen molar-refractivity contribution in [1.82, 2.24) is 14.9 Å². The van der Waals surface area contributed by atoms with Gasteiger partial charge in [0.1, 0.15) is 35.4 Å². The van der Waals surface area contributed by atoms with Gasteiger partial charge >= 0.3 is 18.3 Å². The molecule has 3 amide bonds. The van der Waals surface area contributed by atoms with E-state index in [2.05, 4.69) is 25.5 Å². The molecule has 0 spiro atoms. The molecule has 48 heavy (non-hydrogen) atoms. The van der Waals surface area contributed by atoms with Crippen LogP contribution in [0.25, 0.3) is 21.9 Å². The van der Waals surface area contributed by atoms with Crippen molar-refractivity contribution in [3.05, 3.63) is 35.9 Å². The largest absolute Gasteiger partial charge is 0.474 e. The van der Waals surface area contributed by atoms with Gasteiger partial charge in [0, 0.05) is 42.0 Å². The van der Waals surface area contributed by atoms with Gasteiger partial charge < -0.3 is 23.8 Å². The van der Waals surface area contributed by atoms with Crippen molar-refractivity contribution in [1.29, 1.82) is 0 Å². The number of hydrogen-bond donors (Lipinski definition) is 2. The summed E-state index contributed by atoms with van der Waals surface area (Å²) in [7, 11) is 2.02. The second-order valence-corrected chi connectivity index (χ2v) is 14.0. The molecule has 2 aliphatic heterocycles. The third-order valence-corrected chi connectivity index (χ3v) is 7.76. The van der Waals surface area contributed by atoms with Gasteiger partial charge in [0.25, 0.3) is 0 Å². The van der Waals surface area contributed by atoms with E-state index in [1.54, 1.807) is 60.6 Å². The fourth-order valence-corrected chi connectivity index (χ4v) is 5.56. The number of amides is 3. The number of benzene rings is 1. The average molecular weight is 667 g/mol. The van der Waals surface area contributed by atoms with Crippen LogP contribution >= 0.6 is 0 Å². The first-order valence-corrected chi connectivity index (χ1v) is 15.9. The van der Waals surface area contributed by atoms with E-state index in [9.17, 15) is 14.4 Å². The summed E-state index contributed by atoms with van der Waals surface area (Å²) < 4.78 is 39.0. The number of nitrogens with one attached hydrogen (secondary N) is 2. The monoisotopic (exact) mass is 666 g/mol. The molecule has 1 fully saturated rings. The zero-order valence-corrected chi connectivity index (χ0v) is 28.7. The molecular weight excluding hydrogens is 623 g/mol. The molecule has 4 heterocycles. The second-order valence-electron chi connectivity index (χ2n) is 14.0. The van der Waals surface area contributed by atoms with Gasteiger partial charge in [-0.05, 0) is 91.4 Å². The molecular formula is C34H43FN6O7. The number of ether oxygens (including phenoxy) is 4. The van der Waals surface area contributed by atoms with Crippen molar-refractivity contribution in [2.45, 2.75) is 78.6 Å². The Balaban J connectivity index is 1.56. The Kier molecular flexibility index (Phi) is 9.67. The Morgan fingerprint density at radius 3 is 2.27 bits per heavy atom. The van der Waals surface area contributed by atoms with E-state index in [-0.39, 0.29) is 47.6 Å². The van der Waals surface area contributed by atoms with Crippen LogP contribution in [0.4, 0.5) is 36.0 Å². The summed E-state index contributed by atoms with van der Waals surface area (Å²) in [6.07, 6.45) is 1.94. The number of anilines is 3. The van der Waals surface area contributed by atoms with Gasteiger partial charge in [-0.1, -0.05) is 0 Å². The summed E-state index contributed by atoms with van der Waals surface area (Å²) in [6, 6.07) is 3.13. The number of aromatic nitrogens is 2. The van der Waals surface area contributed by atoms with E-state index in [4.69, 9.17) is 18.9 Å². The number of piperidine rings is 1. The van der Waals surface area contributed by atoms with E-state index in [0.717, 1.165) is 25.9 Å². The summed E-state index contributed by atoms with van der Waals surface area (Å²) in [5.41, 5.74) is -0.511. The fourth-order valence-electron chi connectivity index (χ4n) is 5.56. The molecule has 1 aromatic carbocycles. The fraction of sp³-hybridized carbons (Fsp3) is 0.500. The predicted molar refractivity (Wildman–Crippen MR) is 179 cm³/mol. The quantitative estimate of drug-likeness (QED) is 0.283. The molecule has 14 heteroatoms. The second kappa shape index (κ2) is 13.4. The lowest BCUT2D eigenvalue weighted by atomic mass is 9.96. The number of halogens is 1. The van der Waals surface area contributed by atoms with Crippen molar-refractivity contribution in [2.24, 2.45) is 0 Å². The zero-order chi connectivity index (χ0) is 35.0. The summed E-state index contributed by atoms with van der Waals surface area (Å²) in [5, 5.41) is 5.93. The van der Waals surface area contributed by atoms with Gasteiger partial charge in [0.2, 0.25) is 5.88 Å². The summed E-state index contributed by atoms with van der Waals surface area (Å²) in [5.74, 6) is -0.394. The molecule has 2 N–H and O–H groups in total. The minimum atomic E-state index is -0.867. The molecule has 2 aromatic heterocycles. The van der Waals surface area contributed by atoms with Crippen molar-refractivity contribution in [3.63, 3.8) is 0 Å². The SMILES string of the molecule is Cc1c(-c2cc3cc(NC(=O)OC4CCN(C)CC4)ncc3c(NC(=O)OC(C)(C)C)c2F)cnc2c1N(C(=O)OC(C)(C)C)CCO2. The van der Waals surface area contributed by atoms with Gasteiger partial charge in [-0.15, -0.1) is 0 Å². The van der Waals surface area contributed by atoms with Gasteiger partial charge in [-0.3, -0.25) is 15.5 Å². The third kappa shape index (κ3) is 8.04. The minimum absolute atomic E-state index is 0.0714. The van der Waals surface area contributed by atoms with E-state index in [0.29, 0.717) is 22.2 Å². The van der Waals surface area contributed by atoms with Crippen LogP contribution < -0.4 is 20.3 Å². The van der Waals surface area contributed by atoms with E-state index >= 15 is 4.39 Å². The number of carbonyl (C=O) groups excluding carboxylic acids is 3. The highest BCUT2D eigenvalue weighted by Gasteiger charge is 2.32. The van der Waals surface area contributed by atoms with Gasteiger partial charge in [0.05, 0.1) is 12.2 Å². The van der Waals surface area contributed by atoms with Gasteiger partial charge in [0.15, 0.2) is 5.82 Å². The Bertz CT molecular complexity index is 1730. The van der Waals surface area contributed by atoms with Crippen LogP contribution in [-0.2, 0) is 14.2 Å². The third-order valence-electron chi connectivity index (χ3n) is 7.76. The molecule has 5 rings (SSSR count). The molecule has 13 nitrogen and oxygen atoms in total. The molecule has 0 saturated carbocycles. The molecule has 3 aromatic rings. The number of nitrogens with zero attached hydrogens (tertiary/aromatic N) is 4. The molecule has 258 valence electrons. The van der Waals surface area contributed by atoms with Crippen LogP contribution in [0, 0.1) is 12.7 Å². The first-order valence-electron chi connectivity index (χ1n) is 15.9. The summed E-state index contributed by atoms with van der Waals surface area (Å²) >= 11 is 0. The highest BCUT2D eigenvalue weighted by Crippen LogP contribution is 2.42. The molecule has 1 saturated heterocycles. The smallest absolute Gasteiger partial charge is 0.415 e. The van der Waals surface area contributed by atoms with Crippen LogP contribution in [0.2, 0.25) is 0 Å². The number of likely N-dealkylation sites (tertiary alicyclic amines) is 1. The van der Waals surface area contributed by atoms with E-state index < -0.39 is 35.3 Å². The molecule has 2 aliphatic rings. The van der Waals surface area contributed by atoms with Gasteiger partial charge in [-0.2, -0.15) is 0 Å². The Labute approximate surface area is 279 Å².